The second kappa shape index (κ2) is 6.72. The molecule has 0 saturated heterocycles. The zero-order valence-electron chi connectivity index (χ0n) is 10.7. The van der Waals surface area contributed by atoms with Gasteiger partial charge in [0.2, 0.25) is 0 Å². The molecule has 0 fully saturated rings. The monoisotopic (exact) mass is 239 g/mol. The zero-order valence-corrected chi connectivity index (χ0v) is 10.7. The fourth-order valence-corrected chi connectivity index (χ4v) is 1.64. The summed E-state index contributed by atoms with van der Waals surface area (Å²) in [6, 6.07) is 6.81. The smallest absolute Gasteiger partial charge is 0.127 e. The first-order valence-corrected chi connectivity index (χ1v) is 6.10. The summed E-state index contributed by atoms with van der Waals surface area (Å²) in [4.78, 5) is 0. The van der Waals surface area contributed by atoms with Crippen LogP contribution in [0.4, 0.5) is 4.39 Å². The molecule has 0 aromatic heterocycles. The molecule has 0 spiro atoms. The molecule has 0 aliphatic rings. The number of benzene rings is 1. The number of hydrogen-bond acceptors (Lipinski definition) is 2. The highest BCUT2D eigenvalue weighted by Gasteiger charge is 2.15. The lowest BCUT2D eigenvalue weighted by Crippen LogP contribution is -2.21. The summed E-state index contributed by atoms with van der Waals surface area (Å²) in [5.41, 5.74) is 0.688. The Morgan fingerprint density at radius 3 is 2.65 bits per heavy atom. The third-order valence-corrected chi connectivity index (χ3v) is 2.91. The Morgan fingerprint density at radius 2 is 2.00 bits per heavy atom. The Morgan fingerprint density at radius 1 is 1.29 bits per heavy atom. The predicted molar refractivity (Wildman–Crippen MR) is 68.2 cm³/mol. The Labute approximate surface area is 103 Å². The molecule has 0 aliphatic carbocycles. The molecular weight excluding hydrogens is 217 g/mol. The van der Waals surface area contributed by atoms with E-state index in [0.717, 1.165) is 19.4 Å². The highest BCUT2D eigenvalue weighted by molar-refractivity contribution is 5.16. The number of aliphatic hydroxyl groups excluding tert-OH is 1. The summed E-state index contributed by atoms with van der Waals surface area (Å²) in [5.74, 6) is -0.157. The Kier molecular flexibility index (Phi) is 5.59. The summed E-state index contributed by atoms with van der Waals surface area (Å²) < 4.78 is 13.3. The summed E-state index contributed by atoms with van der Waals surface area (Å²) in [5, 5.41) is 12.3. The van der Waals surface area contributed by atoms with E-state index in [0.29, 0.717) is 12.1 Å². The van der Waals surface area contributed by atoms with E-state index >= 15 is 0 Å². The van der Waals surface area contributed by atoms with Gasteiger partial charge < -0.3 is 10.4 Å². The molecule has 0 saturated carbocycles. The summed E-state index contributed by atoms with van der Waals surface area (Å²) >= 11 is 0. The van der Waals surface area contributed by atoms with Crippen LogP contribution < -0.4 is 5.32 Å². The molecule has 2 nitrogen and oxygen atoms in total. The first kappa shape index (κ1) is 14.1. The van der Waals surface area contributed by atoms with Gasteiger partial charge in [-0.2, -0.15) is 0 Å². The normalized spacial score (nSPS) is 11.8. The molecule has 3 heteroatoms. The quantitative estimate of drug-likeness (QED) is 0.717. The molecular formula is C14H22FNO. The van der Waals surface area contributed by atoms with Gasteiger partial charge in [-0.25, -0.2) is 4.39 Å². The molecule has 17 heavy (non-hydrogen) atoms. The average Bonchev–Trinajstić information content (AvgIpc) is 2.31. The van der Waals surface area contributed by atoms with Gasteiger partial charge in [-0.3, -0.25) is 0 Å². The van der Waals surface area contributed by atoms with E-state index in [9.17, 15) is 4.39 Å². The number of rotatable bonds is 7. The van der Waals surface area contributed by atoms with Gasteiger partial charge in [-0.1, -0.05) is 32.0 Å². The van der Waals surface area contributed by atoms with Gasteiger partial charge in [0.05, 0.1) is 0 Å². The van der Waals surface area contributed by atoms with Crippen molar-refractivity contribution >= 4 is 0 Å². The summed E-state index contributed by atoms with van der Waals surface area (Å²) in [6.45, 7) is 5.71. The lowest BCUT2D eigenvalue weighted by molar-refractivity contribution is 0.148. The van der Waals surface area contributed by atoms with Crippen LogP contribution in [0.1, 0.15) is 32.3 Å². The van der Waals surface area contributed by atoms with Crippen molar-refractivity contribution in [2.45, 2.75) is 33.2 Å². The molecule has 1 aromatic rings. The molecule has 0 radical (unpaired) electrons. The van der Waals surface area contributed by atoms with Crippen LogP contribution in [0.25, 0.3) is 0 Å². The molecule has 0 heterocycles. The van der Waals surface area contributed by atoms with E-state index in [1.165, 1.54) is 6.07 Å². The highest BCUT2D eigenvalue weighted by atomic mass is 19.1. The van der Waals surface area contributed by atoms with Crippen molar-refractivity contribution in [1.29, 1.82) is 0 Å². The van der Waals surface area contributed by atoms with E-state index < -0.39 is 0 Å². The largest absolute Gasteiger partial charge is 0.396 e. The second-order valence-corrected chi connectivity index (χ2v) is 5.19. The molecule has 0 amide bonds. The van der Waals surface area contributed by atoms with Crippen LogP contribution in [0.15, 0.2) is 24.3 Å². The van der Waals surface area contributed by atoms with Gasteiger partial charge >= 0.3 is 0 Å². The minimum atomic E-state index is -0.157. The van der Waals surface area contributed by atoms with Crippen LogP contribution in [-0.4, -0.2) is 18.3 Å². The van der Waals surface area contributed by atoms with Gasteiger partial charge in [0.15, 0.2) is 0 Å². The first-order chi connectivity index (χ1) is 8.05. The van der Waals surface area contributed by atoms with E-state index in [-0.39, 0.29) is 17.8 Å². The third kappa shape index (κ3) is 5.29. The summed E-state index contributed by atoms with van der Waals surface area (Å²) in [6.07, 6.45) is 1.95. The molecule has 0 unspecified atom stereocenters. The van der Waals surface area contributed by atoms with Crippen LogP contribution in [0, 0.1) is 11.2 Å². The van der Waals surface area contributed by atoms with E-state index in [2.05, 4.69) is 5.32 Å². The third-order valence-electron chi connectivity index (χ3n) is 2.91. The molecule has 0 aliphatic heterocycles. The number of nitrogens with one attached hydrogen (secondary N) is 1. The average molecular weight is 239 g/mol. The number of hydrogen-bond donors (Lipinski definition) is 2. The topological polar surface area (TPSA) is 32.3 Å². The maximum absolute atomic E-state index is 13.3. The van der Waals surface area contributed by atoms with Crippen LogP contribution in [0.5, 0.6) is 0 Å². The van der Waals surface area contributed by atoms with Crippen molar-refractivity contribution in [3.05, 3.63) is 35.6 Å². The summed E-state index contributed by atoms with van der Waals surface area (Å²) in [7, 11) is 0. The van der Waals surface area contributed by atoms with Crippen LogP contribution in [-0.2, 0) is 6.54 Å². The first-order valence-electron chi connectivity index (χ1n) is 6.10. The fraction of sp³-hybridized carbons (Fsp3) is 0.571. The highest BCUT2D eigenvalue weighted by Crippen LogP contribution is 2.20. The van der Waals surface area contributed by atoms with Gasteiger partial charge in [-0.05, 0) is 30.9 Å². The lowest BCUT2D eigenvalue weighted by Gasteiger charge is -2.21. The predicted octanol–water partition coefficient (Wildman–Crippen LogP) is 2.71. The second-order valence-electron chi connectivity index (χ2n) is 5.19. The van der Waals surface area contributed by atoms with Gasteiger partial charge in [-0.15, -0.1) is 0 Å². The maximum Gasteiger partial charge on any atom is 0.127 e. The Bertz CT molecular complexity index is 339. The van der Waals surface area contributed by atoms with Crippen LogP contribution in [0.2, 0.25) is 0 Å². The zero-order chi connectivity index (χ0) is 12.7. The molecule has 0 atom stereocenters. The van der Waals surface area contributed by atoms with Crippen molar-refractivity contribution in [2.24, 2.45) is 5.41 Å². The van der Waals surface area contributed by atoms with Crippen molar-refractivity contribution in [3.8, 4) is 0 Å². The minimum Gasteiger partial charge on any atom is -0.396 e. The van der Waals surface area contributed by atoms with Crippen molar-refractivity contribution in [2.75, 3.05) is 13.2 Å². The van der Waals surface area contributed by atoms with Crippen molar-refractivity contribution < 1.29 is 9.50 Å². The number of halogens is 1. The molecule has 96 valence electrons. The Balaban J connectivity index is 2.19. The molecule has 0 bridgehead atoms. The van der Waals surface area contributed by atoms with Crippen LogP contribution >= 0.6 is 0 Å². The number of aliphatic hydroxyl groups is 1. The fourth-order valence-electron chi connectivity index (χ4n) is 1.64. The van der Waals surface area contributed by atoms with Gasteiger partial charge in [0, 0.05) is 18.7 Å². The van der Waals surface area contributed by atoms with E-state index in [1.807, 2.05) is 19.9 Å². The molecule has 1 aromatic carbocycles. The minimum absolute atomic E-state index is 0.0142. The standard InChI is InChI=1S/C14H22FNO/c1-14(2,11-17)8-5-9-16-10-12-6-3-4-7-13(12)15/h3-4,6-7,16-17H,5,8-11H2,1-2H3. The van der Waals surface area contributed by atoms with E-state index in [4.69, 9.17) is 5.11 Å². The lowest BCUT2D eigenvalue weighted by atomic mass is 9.89. The van der Waals surface area contributed by atoms with Crippen molar-refractivity contribution in [1.82, 2.24) is 5.32 Å². The SMILES string of the molecule is CC(C)(CO)CCCNCc1ccccc1F. The Hall–Kier alpha value is -0.930. The van der Waals surface area contributed by atoms with Crippen molar-refractivity contribution in [3.63, 3.8) is 0 Å². The molecule has 2 N–H and O–H groups in total. The van der Waals surface area contributed by atoms with Gasteiger partial charge in [0.1, 0.15) is 5.82 Å². The molecule has 1 rings (SSSR count). The van der Waals surface area contributed by atoms with Crippen LogP contribution in [0.3, 0.4) is 0 Å². The maximum atomic E-state index is 13.3. The van der Waals surface area contributed by atoms with E-state index in [1.54, 1.807) is 12.1 Å². The van der Waals surface area contributed by atoms with Gasteiger partial charge in [0.25, 0.3) is 0 Å².